The highest BCUT2D eigenvalue weighted by molar-refractivity contribution is 9.10. The second-order valence-electron chi connectivity index (χ2n) is 4.89. The Morgan fingerprint density at radius 3 is 2.53 bits per heavy atom. The number of allylic oxidation sites excluding steroid dienone is 1. The van der Waals surface area contributed by atoms with Crippen molar-refractivity contribution in [3.63, 3.8) is 0 Å². The van der Waals surface area contributed by atoms with Gasteiger partial charge in [-0.1, -0.05) is 6.58 Å². The molecular weight excluding hydrogens is 310 g/mol. The van der Waals surface area contributed by atoms with Gasteiger partial charge in [-0.15, -0.1) is 0 Å². The molecule has 0 heterocycles. The highest BCUT2D eigenvalue weighted by Gasteiger charge is 2.17. The zero-order chi connectivity index (χ0) is 14.6. The number of hydrogen-bond donors (Lipinski definition) is 1. The van der Waals surface area contributed by atoms with Gasteiger partial charge in [0.1, 0.15) is 5.60 Å². The SMILES string of the molecule is C=CC(=O)c1ccc(Br)c(NC(=O)OC(C)(C)C)c1. The average molecular weight is 326 g/mol. The molecule has 0 saturated heterocycles. The lowest BCUT2D eigenvalue weighted by molar-refractivity contribution is 0.0635. The van der Waals surface area contributed by atoms with Gasteiger partial charge in [0.2, 0.25) is 0 Å². The molecule has 0 unspecified atom stereocenters. The van der Waals surface area contributed by atoms with E-state index in [0.717, 1.165) is 0 Å². The third kappa shape index (κ3) is 4.87. The van der Waals surface area contributed by atoms with Crippen molar-refractivity contribution in [2.24, 2.45) is 0 Å². The van der Waals surface area contributed by atoms with Crippen LogP contribution in [0, 0.1) is 0 Å². The molecule has 19 heavy (non-hydrogen) atoms. The lowest BCUT2D eigenvalue weighted by Gasteiger charge is -2.20. The highest BCUT2D eigenvalue weighted by Crippen LogP contribution is 2.24. The van der Waals surface area contributed by atoms with Gasteiger partial charge in [0.25, 0.3) is 0 Å². The minimum atomic E-state index is -0.578. The van der Waals surface area contributed by atoms with Crippen LogP contribution in [-0.4, -0.2) is 17.5 Å². The van der Waals surface area contributed by atoms with E-state index in [0.29, 0.717) is 15.7 Å². The van der Waals surface area contributed by atoms with Crippen molar-refractivity contribution in [2.45, 2.75) is 26.4 Å². The van der Waals surface area contributed by atoms with Gasteiger partial charge < -0.3 is 4.74 Å². The second-order valence-corrected chi connectivity index (χ2v) is 5.74. The smallest absolute Gasteiger partial charge is 0.412 e. The second kappa shape index (κ2) is 6.02. The fraction of sp³-hybridized carbons (Fsp3) is 0.286. The van der Waals surface area contributed by atoms with Gasteiger partial charge in [0, 0.05) is 10.0 Å². The molecule has 0 aliphatic heterocycles. The van der Waals surface area contributed by atoms with Gasteiger partial charge in [-0.25, -0.2) is 4.79 Å². The summed E-state index contributed by atoms with van der Waals surface area (Å²) >= 11 is 3.30. The predicted molar refractivity (Wildman–Crippen MR) is 78.5 cm³/mol. The maximum Gasteiger partial charge on any atom is 0.412 e. The molecule has 1 aromatic carbocycles. The number of hydrogen-bond acceptors (Lipinski definition) is 3. The van der Waals surface area contributed by atoms with E-state index in [-0.39, 0.29) is 5.78 Å². The van der Waals surface area contributed by atoms with Gasteiger partial charge in [0.05, 0.1) is 5.69 Å². The number of carbonyl (C=O) groups excluding carboxylic acids is 2. The Morgan fingerprint density at radius 1 is 1.37 bits per heavy atom. The number of anilines is 1. The van der Waals surface area contributed by atoms with E-state index in [2.05, 4.69) is 27.8 Å². The Bertz CT molecular complexity index is 518. The molecule has 1 amide bonds. The van der Waals surface area contributed by atoms with Gasteiger partial charge in [-0.2, -0.15) is 0 Å². The van der Waals surface area contributed by atoms with E-state index >= 15 is 0 Å². The van der Waals surface area contributed by atoms with Crippen molar-refractivity contribution in [2.75, 3.05) is 5.32 Å². The van der Waals surface area contributed by atoms with Crippen LogP contribution >= 0.6 is 15.9 Å². The van der Waals surface area contributed by atoms with Crippen LogP contribution in [0.2, 0.25) is 0 Å². The maximum absolute atomic E-state index is 11.7. The van der Waals surface area contributed by atoms with Crippen molar-refractivity contribution in [3.05, 3.63) is 40.9 Å². The van der Waals surface area contributed by atoms with Gasteiger partial charge in [-0.3, -0.25) is 10.1 Å². The van der Waals surface area contributed by atoms with Gasteiger partial charge >= 0.3 is 6.09 Å². The van der Waals surface area contributed by atoms with Crippen LogP contribution in [0.25, 0.3) is 0 Å². The Balaban J connectivity index is 2.91. The highest BCUT2D eigenvalue weighted by atomic mass is 79.9. The van der Waals surface area contributed by atoms with Gasteiger partial charge in [0.15, 0.2) is 5.78 Å². The molecule has 5 heteroatoms. The number of ether oxygens (including phenoxy) is 1. The summed E-state index contributed by atoms with van der Waals surface area (Å²) < 4.78 is 5.81. The number of amides is 1. The summed E-state index contributed by atoms with van der Waals surface area (Å²) in [5.41, 5.74) is 0.344. The van der Waals surface area contributed by atoms with E-state index in [4.69, 9.17) is 4.74 Å². The summed E-state index contributed by atoms with van der Waals surface area (Å²) in [6, 6.07) is 4.90. The molecule has 1 aromatic rings. The monoisotopic (exact) mass is 325 g/mol. The van der Waals surface area contributed by atoms with E-state index in [1.807, 2.05) is 0 Å². The maximum atomic E-state index is 11.7. The lowest BCUT2D eigenvalue weighted by Crippen LogP contribution is -2.27. The van der Waals surface area contributed by atoms with Crippen molar-refractivity contribution in [1.82, 2.24) is 0 Å². The predicted octanol–water partition coefficient (Wildman–Crippen LogP) is 4.16. The fourth-order valence-corrected chi connectivity index (χ4v) is 1.65. The van der Waals surface area contributed by atoms with Gasteiger partial charge in [-0.05, 0) is 61.0 Å². The Kier molecular flexibility index (Phi) is 4.89. The summed E-state index contributed by atoms with van der Waals surface area (Å²) in [7, 11) is 0. The van der Waals surface area contributed by atoms with Crippen LogP contribution in [0.4, 0.5) is 10.5 Å². The number of rotatable bonds is 3. The minimum Gasteiger partial charge on any atom is -0.444 e. The Morgan fingerprint density at radius 2 is 2.00 bits per heavy atom. The molecule has 0 fully saturated rings. The third-order valence-corrected chi connectivity index (χ3v) is 2.76. The fourth-order valence-electron chi connectivity index (χ4n) is 1.31. The number of halogens is 1. The number of benzene rings is 1. The third-order valence-electron chi connectivity index (χ3n) is 2.07. The first-order valence-corrected chi connectivity index (χ1v) is 6.48. The molecule has 0 bridgehead atoms. The first-order valence-electron chi connectivity index (χ1n) is 5.69. The van der Waals surface area contributed by atoms with Crippen molar-refractivity contribution in [3.8, 4) is 0 Å². The first-order chi connectivity index (χ1) is 8.73. The Hall–Kier alpha value is -1.62. The number of carbonyl (C=O) groups is 2. The zero-order valence-corrected chi connectivity index (χ0v) is 12.7. The molecular formula is C14H16BrNO3. The molecule has 0 saturated carbocycles. The van der Waals surface area contributed by atoms with E-state index in [1.54, 1.807) is 39.0 Å². The van der Waals surface area contributed by atoms with Crippen molar-refractivity contribution in [1.29, 1.82) is 0 Å². The number of ketones is 1. The number of nitrogens with one attached hydrogen (secondary N) is 1. The normalized spacial score (nSPS) is 10.7. The first kappa shape index (κ1) is 15.4. The standard InChI is InChI=1S/C14H16BrNO3/c1-5-12(17)9-6-7-10(15)11(8-9)16-13(18)19-14(2,3)4/h5-8H,1H2,2-4H3,(H,16,18). The summed E-state index contributed by atoms with van der Waals surface area (Å²) in [6.07, 6.45) is 0.650. The summed E-state index contributed by atoms with van der Waals surface area (Å²) in [5.74, 6) is -0.209. The molecule has 0 aliphatic carbocycles. The molecule has 1 rings (SSSR count). The van der Waals surface area contributed by atoms with Crippen LogP contribution in [-0.2, 0) is 4.74 Å². The van der Waals surface area contributed by atoms with Crippen LogP contribution < -0.4 is 5.32 Å². The summed E-state index contributed by atoms with van der Waals surface area (Å²) in [6.45, 7) is 8.76. The molecule has 0 aliphatic rings. The van der Waals surface area contributed by atoms with Crippen molar-refractivity contribution < 1.29 is 14.3 Å². The summed E-state index contributed by atoms with van der Waals surface area (Å²) in [4.78, 5) is 23.2. The average Bonchev–Trinajstić information content (AvgIpc) is 2.28. The van der Waals surface area contributed by atoms with Crippen LogP contribution in [0.15, 0.2) is 35.3 Å². The van der Waals surface area contributed by atoms with Crippen LogP contribution in [0.1, 0.15) is 31.1 Å². The largest absolute Gasteiger partial charge is 0.444 e. The molecule has 0 radical (unpaired) electrons. The Labute approximate surface area is 121 Å². The molecule has 1 N–H and O–H groups in total. The minimum absolute atomic E-state index is 0.209. The summed E-state index contributed by atoms with van der Waals surface area (Å²) in [5, 5.41) is 2.59. The van der Waals surface area contributed by atoms with E-state index in [1.165, 1.54) is 6.08 Å². The van der Waals surface area contributed by atoms with E-state index in [9.17, 15) is 9.59 Å². The van der Waals surface area contributed by atoms with Crippen LogP contribution in [0.3, 0.4) is 0 Å². The molecule has 0 spiro atoms. The lowest BCUT2D eigenvalue weighted by atomic mass is 10.1. The molecule has 0 aromatic heterocycles. The molecule has 4 nitrogen and oxygen atoms in total. The quantitative estimate of drug-likeness (QED) is 0.670. The van der Waals surface area contributed by atoms with Crippen LogP contribution in [0.5, 0.6) is 0 Å². The molecule has 102 valence electrons. The van der Waals surface area contributed by atoms with Crippen molar-refractivity contribution >= 4 is 33.5 Å². The molecule has 0 atom stereocenters. The zero-order valence-electron chi connectivity index (χ0n) is 11.1. The van der Waals surface area contributed by atoms with E-state index < -0.39 is 11.7 Å². The topological polar surface area (TPSA) is 55.4 Å².